The van der Waals surface area contributed by atoms with E-state index in [1.807, 2.05) is 36.4 Å². The Balaban J connectivity index is 2.64. The van der Waals surface area contributed by atoms with Gasteiger partial charge < -0.3 is 5.11 Å². The normalized spacial score (nSPS) is 10.6. The second-order valence-electron chi connectivity index (χ2n) is 3.63. The van der Waals surface area contributed by atoms with Crippen LogP contribution in [0.4, 0.5) is 0 Å². The van der Waals surface area contributed by atoms with Crippen molar-refractivity contribution in [3.05, 3.63) is 47.5 Å². The quantitative estimate of drug-likeness (QED) is 0.875. The van der Waals surface area contributed by atoms with E-state index in [0.717, 1.165) is 21.7 Å². The molecule has 0 aromatic heterocycles. The Morgan fingerprint density at radius 2 is 1.62 bits per heavy atom. The maximum atomic E-state index is 10.8. The molecule has 2 rings (SSSR count). The molecule has 82 valence electrons. The molecule has 2 aromatic rings. The SMILES string of the molecule is O=C(O)Cc1ccc(CBr)c2ccccc12. The molecule has 0 atom stereocenters. The number of hydrogen-bond acceptors (Lipinski definition) is 1. The number of carboxylic acid groups (broad SMARTS) is 1. The van der Waals surface area contributed by atoms with Crippen LogP contribution in [-0.4, -0.2) is 11.1 Å². The first-order chi connectivity index (χ1) is 7.72. The van der Waals surface area contributed by atoms with E-state index in [2.05, 4.69) is 15.9 Å². The van der Waals surface area contributed by atoms with Gasteiger partial charge in [0.2, 0.25) is 0 Å². The third-order valence-electron chi connectivity index (χ3n) is 2.59. The van der Waals surface area contributed by atoms with Crippen molar-refractivity contribution in [1.29, 1.82) is 0 Å². The lowest BCUT2D eigenvalue weighted by Gasteiger charge is -2.08. The Bertz CT molecular complexity index is 534. The molecule has 0 amide bonds. The minimum absolute atomic E-state index is 0.0725. The largest absolute Gasteiger partial charge is 0.481 e. The molecule has 16 heavy (non-hydrogen) atoms. The monoisotopic (exact) mass is 278 g/mol. The fourth-order valence-electron chi connectivity index (χ4n) is 1.86. The van der Waals surface area contributed by atoms with Crippen molar-refractivity contribution in [2.45, 2.75) is 11.8 Å². The molecule has 2 nitrogen and oxygen atoms in total. The molecular formula is C13H11BrO2. The third-order valence-corrected chi connectivity index (χ3v) is 3.19. The van der Waals surface area contributed by atoms with E-state index in [1.54, 1.807) is 0 Å². The van der Waals surface area contributed by atoms with Crippen LogP contribution in [-0.2, 0) is 16.5 Å². The second kappa shape index (κ2) is 4.66. The molecule has 0 saturated carbocycles. The van der Waals surface area contributed by atoms with Crippen LogP contribution >= 0.6 is 15.9 Å². The Kier molecular flexibility index (Phi) is 3.25. The first kappa shape index (κ1) is 11.1. The first-order valence-electron chi connectivity index (χ1n) is 4.99. The van der Waals surface area contributed by atoms with Gasteiger partial charge in [-0.05, 0) is 21.9 Å². The maximum Gasteiger partial charge on any atom is 0.307 e. The number of benzene rings is 2. The molecule has 0 spiro atoms. The molecule has 0 aliphatic heterocycles. The maximum absolute atomic E-state index is 10.8. The van der Waals surface area contributed by atoms with E-state index in [0.29, 0.717) is 0 Å². The number of rotatable bonds is 3. The molecule has 2 aromatic carbocycles. The summed E-state index contributed by atoms with van der Waals surface area (Å²) in [6.07, 6.45) is 0.0725. The third kappa shape index (κ3) is 2.09. The van der Waals surface area contributed by atoms with E-state index < -0.39 is 5.97 Å². The summed E-state index contributed by atoms with van der Waals surface area (Å²) in [6.45, 7) is 0. The van der Waals surface area contributed by atoms with Crippen LogP contribution in [0.25, 0.3) is 10.8 Å². The zero-order chi connectivity index (χ0) is 11.5. The van der Waals surface area contributed by atoms with Gasteiger partial charge in [0, 0.05) is 5.33 Å². The molecule has 1 N–H and O–H groups in total. The molecule has 0 bridgehead atoms. The summed E-state index contributed by atoms with van der Waals surface area (Å²) in [5.41, 5.74) is 2.05. The molecule has 0 fully saturated rings. The van der Waals surface area contributed by atoms with Gasteiger partial charge in [-0.1, -0.05) is 52.3 Å². The van der Waals surface area contributed by atoms with Crippen molar-refractivity contribution in [2.75, 3.05) is 0 Å². The highest BCUT2D eigenvalue weighted by Gasteiger charge is 2.07. The molecule has 0 heterocycles. The van der Waals surface area contributed by atoms with Crippen LogP contribution in [0.15, 0.2) is 36.4 Å². The van der Waals surface area contributed by atoms with Crippen molar-refractivity contribution in [1.82, 2.24) is 0 Å². The van der Waals surface area contributed by atoms with Crippen molar-refractivity contribution >= 4 is 32.7 Å². The molecule has 0 unspecified atom stereocenters. The van der Waals surface area contributed by atoms with Crippen molar-refractivity contribution < 1.29 is 9.90 Å². The van der Waals surface area contributed by atoms with Crippen molar-refractivity contribution in [3.8, 4) is 0 Å². The lowest BCUT2D eigenvalue weighted by Crippen LogP contribution is -2.01. The minimum atomic E-state index is -0.795. The molecule has 0 radical (unpaired) electrons. The number of aliphatic carboxylic acids is 1. The van der Waals surface area contributed by atoms with Gasteiger partial charge >= 0.3 is 5.97 Å². The summed E-state index contributed by atoms with van der Waals surface area (Å²) < 4.78 is 0. The average molecular weight is 279 g/mol. The van der Waals surface area contributed by atoms with E-state index in [-0.39, 0.29) is 6.42 Å². The number of fused-ring (bicyclic) bond motifs is 1. The van der Waals surface area contributed by atoms with Gasteiger partial charge in [-0.15, -0.1) is 0 Å². The summed E-state index contributed by atoms with van der Waals surface area (Å²) in [4.78, 5) is 10.8. The molecule has 0 aliphatic carbocycles. The molecular weight excluding hydrogens is 268 g/mol. The summed E-state index contributed by atoms with van der Waals surface area (Å²) in [5, 5.41) is 11.8. The fraction of sp³-hybridized carbons (Fsp3) is 0.154. The highest BCUT2D eigenvalue weighted by atomic mass is 79.9. The van der Waals surface area contributed by atoms with E-state index >= 15 is 0 Å². The van der Waals surface area contributed by atoms with Crippen molar-refractivity contribution in [2.24, 2.45) is 0 Å². The smallest absolute Gasteiger partial charge is 0.307 e. The Morgan fingerprint density at radius 1 is 1.06 bits per heavy atom. The number of carboxylic acids is 1. The number of carbonyl (C=O) groups is 1. The highest BCUT2D eigenvalue weighted by molar-refractivity contribution is 9.08. The van der Waals surface area contributed by atoms with Crippen LogP contribution in [0, 0.1) is 0 Å². The van der Waals surface area contributed by atoms with Gasteiger partial charge in [-0.2, -0.15) is 0 Å². The number of halogens is 1. The van der Waals surface area contributed by atoms with E-state index in [9.17, 15) is 4.79 Å². The van der Waals surface area contributed by atoms with Gasteiger partial charge in [0.15, 0.2) is 0 Å². The summed E-state index contributed by atoms with van der Waals surface area (Å²) >= 11 is 3.44. The van der Waals surface area contributed by atoms with Crippen LogP contribution < -0.4 is 0 Å². The van der Waals surface area contributed by atoms with Gasteiger partial charge in [0.05, 0.1) is 6.42 Å². The predicted molar refractivity (Wildman–Crippen MR) is 67.9 cm³/mol. The molecule has 0 saturated heterocycles. The zero-order valence-electron chi connectivity index (χ0n) is 8.61. The summed E-state index contributed by atoms with van der Waals surface area (Å²) in [6, 6.07) is 11.8. The second-order valence-corrected chi connectivity index (χ2v) is 4.19. The van der Waals surface area contributed by atoms with Gasteiger partial charge in [0.25, 0.3) is 0 Å². The minimum Gasteiger partial charge on any atom is -0.481 e. The van der Waals surface area contributed by atoms with Crippen LogP contribution in [0.5, 0.6) is 0 Å². The van der Waals surface area contributed by atoms with Gasteiger partial charge in [-0.3, -0.25) is 4.79 Å². The standard InChI is InChI=1S/C13H11BrO2/c14-8-10-6-5-9(7-13(15)16)11-3-1-2-4-12(10)11/h1-6H,7-8H2,(H,15,16). The summed E-state index contributed by atoms with van der Waals surface area (Å²) in [5.74, 6) is -0.795. The zero-order valence-corrected chi connectivity index (χ0v) is 10.2. The van der Waals surface area contributed by atoms with E-state index in [1.165, 1.54) is 5.56 Å². The molecule has 3 heteroatoms. The molecule has 0 aliphatic rings. The lowest BCUT2D eigenvalue weighted by atomic mass is 9.99. The summed E-state index contributed by atoms with van der Waals surface area (Å²) in [7, 11) is 0. The van der Waals surface area contributed by atoms with E-state index in [4.69, 9.17) is 5.11 Å². The average Bonchev–Trinajstić information content (AvgIpc) is 2.29. The predicted octanol–water partition coefficient (Wildman–Crippen LogP) is 3.36. The number of alkyl halides is 1. The van der Waals surface area contributed by atoms with Gasteiger partial charge in [-0.25, -0.2) is 0 Å². The van der Waals surface area contributed by atoms with Gasteiger partial charge in [0.1, 0.15) is 0 Å². The van der Waals surface area contributed by atoms with Crippen LogP contribution in [0.3, 0.4) is 0 Å². The number of hydrogen-bond donors (Lipinski definition) is 1. The first-order valence-corrected chi connectivity index (χ1v) is 6.12. The van der Waals surface area contributed by atoms with Crippen LogP contribution in [0.2, 0.25) is 0 Å². The Hall–Kier alpha value is -1.35. The Labute approximate surface area is 102 Å². The topological polar surface area (TPSA) is 37.3 Å². The highest BCUT2D eigenvalue weighted by Crippen LogP contribution is 2.24. The van der Waals surface area contributed by atoms with Crippen LogP contribution in [0.1, 0.15) is 11.1 Å². The fourth-order valence-corrected chi connectivity index (χ4v) is 2.35. The lowest BCUT2D eigenvalue weighted by molar-refractivity contribution is -0.136. The Morgan fingerprint density at radius 3 is 2.19 bits per heavy atom. The van der Waals surface area contributed by atoms with Crippen molar-refractivity contribution in [3.63, 3.8) is 0 Å².